The van der Waals surface area contributed by atoms with Crippen molar-refractivity contribution in [3.63, 3.8) is 0 Å². The van der Waals surface area contributed by atoms with E-state index >= 15 is 0 Å². The fourth-order valence-corrected chi connectivity index (χ4v) is 1.88. The van der Waals surface area contributed by atoms with Gasteiger partial charge in [-0.25, -0.2) is 8.78 Å². The maximum absolute atomic E-state index is 13.5. The zero-order chi connectivity index (χ0) is 14.3. The van der Waals surface area contributed by atoms with Crippen LogP contribution in [0.1, 0.15) is 25.3 Å². The van der Waals surface area contributed by atoms with E-state index in [0.29, 0.717) is 26.1 Å². The van der Waals surface area contributed by atoms with Crippen molar-refractivity contribution in [3.05, 3.63) is 35.4 Å². The van der Waals surface area contributed by atoms with Gasteiger partial charge in [0.1, 0.15) is 11.6 Å². The summed E-state index contributed by atoms with van der Waals surface area (Å²) >= 11 is 0. The molecule has 0 bridgehead atoms. The van der Waals surface area contributed by atoms with Crippen LogP contribution in [0.15, 0.2) is 18.2 Å². The molecule has 0 heterocycles. The molecule has 0 spiro atoms. The van der Waals surface area contributed by atoms with Crippen LogP contribution in [-0.2, 0) is 11.2 Å². The van der Waals surface area contributed by atoms with Crippen LogP contribution in [0, 0.1) is 11.6 Å². The summed E-state index contributed by atoms with van der Waals surface area (Å²) in [5.74, 6) is -1.62. The van der Waals surface area contributed by atoms with Crippen molar-refractivity contribution in [1.29, 1.82) is 0 Å². The zero-order valence-corrected chi connectivity index (χ0v) is 11.2. The van der Waals surface area contributed by atoms with Crippen molar-refractivity contribution in [2.45, 2.75) is 26.2 Å². The third-order valence-corrected chi connectivity index (χ3v) is 2.87. The number of rotatable bonds is 7. The topological polar surface area (TPSA) is 46.3 Å². The Balaban J connectivity index is 2.75. The number of hydrogen-bond acceptors (Lipinski definition) is 2. The minimum Gasteiger partial charge on any atom is -0.342 e. The second-order valence-electron chi connectivity index (χ2n) is 4.40. The molecule has 0 radical (unpaired) electrons. The molecule has 0 atom stereocenters. The van der Waals surface area contributed by atoms with E-state index in [1.54, 1.807) is 4.90 Å². The lowest BCUT2D eigenvalue weighted by Gasteiger charge is -2.22. The van der Waals surface area contributed by atoms with Crippen LogP contribution in [0.4, 0.5) is 8.78 Å². The van der Waals surface area contributed by atoms with Crippen LogP contribution in [0.25, 0.3) is 0 Å². The average Bonchev–Trinajstić information content (AvgIpc) is 2.38. The third kappa shape index (κ3) is 4.59. The highest BCUT2D eigenvalue weighted by Crippen LogP contribution is 2.14. The van der Waals surface area contributed by atoms with Gasteiger partial charge in [-0.1, -0.05) is 13.0 Å². The van der Waals surface area contributed by atoms with Crippen LogP contribution in [0.2, 0.25) is 0 Å². The van der Waals surface area contributed by atoms with E-state index in [1.165, 1.54) is 6.07 Å². The Morgan fingerprint density at radius 2 is 1.89 bits per heavy atom. The van der Waals surface area contributed by atoms with Gasteiger partial charge in [0.25, 0.3) is 0 Å². The Bertz CT molecular complexity index is 404. The van der Waals surface area contributed by atoms with E-state index in [1.807, 2.05) is 6.92 Å². The molecule has 0 saturated heterocycles. The summed E-state index contributed by atoms with van der Waals surface area (Å²) in [4.78, 5) is 13.7. The SMILES string of the molecule is CCCN(CCCN)C(=O)Cc1c(F)cccc1F. The van der Waals surface area contributed by atoms with Gasteiger partial charge in [0.15, 0.2) is 0 Å². The fourth-order valence-electron chi connectivity index (χ4n) is 1.88. The van der Waals surface area contributed by atoms with Crippen LogP contribution in [-0.4, -0.2) is 30.4 Å². The summed E-state index contributed by atoms with van der Waals surface area (Å²) < 4.78 is 27.0. The number of hydrogen-bond donors (Lipinski definition) is 1. The highest BCUT2D eigenvalue weighted by molar-refractivity contribution is 5.78. The van der Waals surface area contributed by atoms with E-state index in [2.05, 4.69) is 0 Å². The Hall–Kier alpha value is -1.49. The second-order valence-corrected chi connectivity index (χ2v) is 4.40. The molecule has 0 aliphatic rings. The van der Waals surface area contributed by atoms with Gasteiger partial charge in [-0.2, -0.15) is 0 Å². The maximum Gasteiger partial charge on any atom is 0.227 e. The van der Waals surface area contributed by atoms with Crippen LogP contribution >= 0.6 is 0 Å². The molecule has 2 N–H and O–H groups in total. The monoisotopic (exact) mass is 270 g/mol. The van der Waals surface area contributed by atoms with Crippen molar-refractivity contribution in [3.8, 4) is 0 Å². The van der Waals surface area contributed by atoms with Crippen LogP contribution in [0.3, 0.4) is 0 Å². The molecule has 5 heteroatoms. The molecule has 0 fully saturated rings. The van der Waals surface area contributed by atoms with Crippen molar-refractivity contribution >= 4 is 5.91 Å². The minimum atomic E-state index is -0.677. The van der Waals surface area contributed by atoms with E-state index in [-0.39, 0.29) is 17.9 Å². The quantitative estimate of drug-likeness (QED) is 0.824. The first-order valence-corrected chi connectivity index (χ1v) is 6.50. The van der Waals surface area contributed by atoms with Crippen molar-refractivity contribution in [2.75, 3.05) is 19.6 Å². The molecular formula is C14H20F2N2O. The molecular weight excluding hydrogens is 250 g/mol. The molecule has 0 saturated carbocycles. The summed E-state index contributed by atoms with van der Waals surface area (Å²) in [5, 5.41) is 0. The first kappa shape index (κ1) is 15.6. The van der Waals surface area contributed by atoms with Crippen LogP contribution < -0.4 is 5.73 Å². The molecule has 0 aliphatic heterocycles. The molecule has 19 heavy (non-hydrogen) atoms. The molecule has 1 rings (SSSR count). The Morgan fingerprint density at radius 1 is 1.26 bits per heavy atom. The molecule has 106 valence electrons. The number of nitrogens with two attached hydrogens (primary N) is 1. The Labute approximate surface area is 112 Å². The summed E-state index contributed by atoms with van der Waals surface area (Å²) in [7, 11) is 0. The first-order chi connectivity index (χ1) is 9.10. The molecule has 0 aliphatic carbocycles. The van der Waals surface area contributed by atoms with Crippen molar-refractivity contribution in [2.24, 2.45) is 5.73 Å². The van der Waals surface area contributed by atoms with Gasteiger partial charge in [-0.3, -0.25) is 4.79 Å². The number of halogens is 2. The Morgan fingerprint density at radius 3 is 2.42 bits per heavy atom. The van der Waals surface area contributed by atoms with Crippen molar-refractivity contribution in [1.82, 2.24) is 4.90 Å². The Kier molecular flexibility index (Phi) is 6.42. The van der Waals surface area contributed by atoms with Gasteiger partial charge in [-0.15, -0.1) is 0 Å². The molecule has 0 aromatic heterocycles. The average molecular weight is 270 g/mol. The summed E-state index contributed by atoms with van der Waals surface area (Å²) in [6.45, 7) is 3.54. The number of carbonyl (C=O) groups excluding carboxylic acids is 1. The van der Waals surface area contributed by atoms with E-state index in [9.17, 15) is 13.6 Å². The minimum absolute atomic E-state index is 0.165. The summed E-state index contributed by atoms with van der Waals surface area (Å²) in [5.41, 5.74) is 5.25. The molecule has 3 nitrogen and oxygen atoms in total. The fraction of sp³-hybridized carbons (Fsp3) is 0.500. The third-order valence-electron chi connectivity index (χ3n) is 2.87. The van der Waals surface area contributed by atoms with Gasteiger partial charge in [0.2, 0.25) is 5.91 Å². The molecule has 1 aromatic carbocycles. The first-order valence-electron chi connectivity index (χ1n) is 6.50. The van der Waals surface area contributed by atoms with Gasteiger partial charge in [0, 0.05) is 18.7 Å². The lowest BCUT2D eigenvalue weighted by Crippen LogP contribution is -2.35. The number of nitrogens with zero attached hydrogens (tertiary/aromatic N) is 1. The summed E-state index contributed by atoms with van der Waals surface area (Å²) in [6, 6.07) is 3.61. The summed E-state index contributed by atoms with van der Waals surface area (Å²) in [6.07, 6.45) is 1.24. The lowest BCUT2D eigenvalue weighted by molar-refractivity contribution is -0.130. The predicted octanol–water partition coefficient (Wildman–Crippen LogP) is 2.09. The predicted molar refractivity (Wildman–Crippen MR) is 70.6 cm³/mol. The lowest BCUT2D eigenvalue weighted by atomic mass is 10.1. The van der Waals surface area contributed by atoms with Crippen molar-refractivity contribution < 1.29 is 13.6 Å². The molecule has 1 aromatic rings. The number of amides is 1. The largest absolute Gasteiger partial charge is 0.342 e. The highest BCUT2D eigenvalue weighted by Gasteiger charge is 2.17. The second kappa shape index (κ2) is 7.84. The molecule has 1 amide bonds. The van der Waals surface area contributed by atoms with Crippen LogP contribution in [0.5, 0.6) is 0 Å². The van der Waals surface area contributed by atoms with Gasteiger partial charge in [-0.05, 0) is 31.5 Å². The van der Waals surface area contributed by atoms with E-state index in [0.717, 1.165) is 18.6 Å². The molecule has 0 unspecified atom stereocenters. The van der Waals surface area contributed by atoms with E-state index < -0.39 is 11.6 Å². The normalized spacial score (nSPS) is 10.5. The maximum atomic E-state index is 13.5. The zero-order valence-electron chi connectivity index (χ0n) is 11.2. The highest BCUT2D eigenvalue weighted by atomic mass is 19.1. The van der Waals surface area contributed by atoms with Gasteiger partial charge < -0.3 is 10.6 Å². The van der Waals surface area contributed by atoms with Gasteiger partial charge in [0.05, 0.1) is 6.42 Å². The number of benzene rings is 1. The van der Waals surface area contributed by atoms with E-state index in [4.69, 9.17) is 5.73 Å². The smallest absolute Gasteiger partial charge is 0.227 e. The number of carbonyl (C=O) groups is 1. The van der Waals surface area contributed by atoms with Gasteiger partial charge >= 0.3 is 0 Å². The standard InChI is InChI=1S/C14H20F2N2O/c1-2-8-18(9-4-7-17)14(19)10-11-12(15)5-3-6-13(11)16/h3,5-6H,2,4,7-10,17H2,1H3.